The van der Waals surface area contributed by atoms with Crippen LogP contribution in [0.5, 0.6) is 0 Å². The number of carbonyl (C=O) groups excluding carboxylic acids is 2. The summed E-state index contributed by atoms with van der Waals surface area (Å²) in [6.45, 7) is 0.322. The number of hydrogen-bond donors (Lipinski definition) is 4. The van der Waals surface area contributed by atoms with Crippen molar-refractivity contribution in [3.63, 3.8) is 0 Å². The van der Waals surface area contributed by atoms with Gasteiger partial charge in [0.25, 0.3) is 0 Å². The maximum absolute atomic E-state index is 11.7. The third-order valence-corrected chi connectivity index (χ3v) is 4.49. The number of aliphatic hydroxyl groups excluding tert-OH is 2. The quantitative estimate of drug-likeness (QED) is 0.448. The van der Waals surface area contributed by atoms with Crippen LogP contribution in [0.1, 0.15) is 34.0 Å². The molecule has 0 aliphatic carbocycles. The van der Waals surface area contributed by atoms with Crippen molar-refractivity contribution in [3.8, 4) is 0 Å². The van der Waals surface area contributed by atoms with Gasteiger partial charge >= 0.3 is 6.09 Å². The lowest BCUT2D eigenvalue weighted by molar-refractivity contribution is 0.0137. The molecule has 3 rings (SSSR count). The zero-order valence-electron chi connectivity index (χ0n) is 15.2. The number of fused-ring (bicyclic) bond motifs is 1. The number of amides is 1. The number of hydrogen-bond acceptors (Lipinski definition) is 5. The predicted octanol–water partition coefficient (Wildman–Crippen LogP) is 2.69. The SMILES string of the molecule is O=Cc1c[nH]c2cc(C(O)C(O)CCNC(=O)OCc3ccccc3)ccc12. The molecule has 1 aromatic heterocycles. The van der Waals surface area contributed by atoms with E-state index in [4.69, 9.17) is 4.74 Å². The van der Waals surface area contributed by atoms with Gasteiger partial charge in [-0.2, -0.15) is 0 Å². The summed E-state index contributed by atoms with van der Waals surface area (Å²) in [6, 6.07) is 14.4. The summed E-state index contributed by atoms with van der Waals surface area (Å²) in [5.41, 5.74) is 2.64. The Morgan fingerprint density at radius 1 is 1.18 bits per heavy atom. The molecule has 1 amide bonds. The number of aliphatic hydroxyl groups is 2. The Labute approximate surface area is 162 Å². The Morgan fingerprint density at radius 3 is 2.71 bits per heavy atom. The van der Waals surface area contributed by atoms with E-state index in [1.165, 1.54) is 0 Å². The largest absolute Gasteiger partial charge is 0.445 e. The van der Waals surface area contributed by atoms with Crippen LogP contribution in [0.2, 0.25) is 0 Å². The summed E-state index contributed by atoms with van der Waals surface area (Å²) in [5.74, 6) is 0. The highest BCUT2D eigenvalue weighted by atomic mass is 16.5. The maximum atomic E-state index is 11.7. The van der Waals surface area contributed by atoms with Gasteiger partial charge in [-0.05, 0) is 23.6 Å². The molecule has 1 heterocycles. The summed E-state index contributed by atoms with van der Waals surface area (Å²) >= 11 is 0. The van der Waals surface area contributed by atoms with Crippen LogP contribution in [0, 0.1) is 0 Å². The van der Waals surface area contributed by atoms with Gasteiger partial charge in [-0.3, -0.25) is 4.79 Å². The molecule has 7 nitrogen and oxygen atoms in total. The van der Waals surface area contributed by atoms with Gasteiger partial charge in [0, 0.05) is 29.2 Å². The van der Waals surface area contributed by atoms with Gasteiger partial charge in [0.15, 0.2) is 6.29 Å². The van der Waals surface area contributed by atoms with Crippen molar-refractivity contribution < 1.29 is 24.5 Å². The van der Waals surface area contributed by atoms with Crippen molar-refractivity contribution in [2.45, 2.75) is 25.2 Å². The second-order valence-corrected chi connectivity index (χ2v) is 6.46. The van der Waals surface area contributed by atoms with Crippen molar-refractivity contribution in [3.05, 3.63) is 71.4 Å². The minimum Gasteiger partial charge on any atom is -0.445 e. The molecule has 0 saturated heterocycles. The lowest BCUT2D eigenvalue weighted by Crippen LogP contribution is -2.29. The van der Waals surface area contributed by atoms with Crippen LogP contribution in [0.4, 0.5) is 4.79 Å². The number of carbonyl (C=O) groups is 2. The van der Waals surface area contributed by atoms with Gasteiger partial charge in [0.05, 0.1) is 6.10 Å². The number of rotatable bonds is 8. The third-order valence-electron chi connectivity index (χ3n) is 4.49. The minimum atomic E-state index is -1.12. The van der Waals surface area contributed by atoms with Gasteiger partial charge in [0.1, 0.15) is 12.7 Å². The standard InChI is InChI=1S/C21H22N2O5/c24-12-16-11-23-18-10-15(6-7-17(16)18)20(26)19(25)8-9-22-21(27)28-13-14-4-2-1-3-5-14/h1-7,10-12,19-20,23,25-26H,8-9,13H2,(H,22,27). The smallest absolute Gasteiger partial charge is 0.407 e. The highest BCUT2D eigenvalue weighted by Crippen LogP contribution is 2.24. The van der Waals surface area contributed by atoms with E-state index in [1.807, 2.05) is 30.3 Å². The molecule has 2 aromatic carbocycles. The minimum absolute atomic E-state index is 0.157. The lowest BCUT2D eigenvalue weighted by Gasteiger charge is -2.18. The second-order valence-electron chi connectivity index (χ2n) is 6.46. The lowest BCUT2D eigenvalue weighted by atomic mass is 10.0. The first-order chi connectivity index (χ1) is 13.6. The average Bonchev–Trinajstić information content (AvgIpc) is 3.14. The fourth-order valence-corrected chi connectivity index (χ4v) is 2.92. The molecule has 4 N–H and O–H groups in total. The first-order valence-corrected chi connectivity index (χ1v) is 8.95. The molecule has 146 valence electrons. The Balaban J connectivity index is 1.47. The fraction of sp³-hybridized carbons (Fsp3) is 0.238. The molecular formula is C21H22N2O5. The van der Waals surface area contributed by atoms with Crippen LogP contribution in [-0.4, -0.2) is 40.2 Å². The van der Waals surface area contributed by atoms with Crippen LogP contribution in [-0.2, 0) is 11.3 Å². The van der Waals surface area contributed by atoms with Crippen molar-refractivity contribution in [2.75, 3.05) is 6.54 Å². The topological polar surface area (TPSA) is 112 Å². The molecule has 0 spiro atoms. The Hall–Kier alpha value is -3.16. The van der Waals surface area contributed by atoms with E-state index in [1.54, 1.807) is 24.4 Å². The highest BCUT2D eigenvalue weighted by Gasteiger charge is 2.19. The van der Waals surface area contributed by atoms with E-state index in [0.29, 0.717) is 16.6 Å². The number of benzene rings is 2. The normalized spacial score (nSPS) is 13.1. The first kappa shape index (κ1) is 19.6. The molecule has 0 aliphatic heterocycles. The summed E-state index contributed by atoms with van der Waals surface area (Å²) in [4.78, 5) is 25.6. The molecule has 0 radical (unpaired) electrons. The van der Waals surface area contributed by atoms with Crippen LogP contribution >= 0.6 is 0 Å². The van der Waals surface area contributed by atoms with Crippen molar-refractivity contribution >= 4 is 23.3 Å². The molecule has 7 heteroatoms. The average molecular weight is 382 g/mol. The van der Waals surface area contributed by atoms with Crippen molar-refractivity contribution in [2.24, 2.45) is 0 Å². The van der Waals surface area contributed by atoms with E-state index in [-0.39, 0.29) is 19.6 Å². The van der Waals surface area contributed by atoms with Gasteiger partial charge < -0.3 is 25.3 Å². The predicted molar refractivity (Wildman–Crippen MR) is 104 cm³/mol. The fourth-order valence-electron chi connectivity index (χ4n) is 2.92. The monoisotopic (exact) mass is 382 g/mol. The number of aromatic nitrogens is 1. The molecule has 0 saturated carbocycles. The van der Waals surface area contributed by atoms with Crippen LogP contribution in [0.3, 0.4) is 0 Å². The number of nitrogens with one attached hydrogen (secondary N) is 2. The molecular weight excluding hydrogens is 360 g/mol. The Bertz CT molecular complexity index is 938. The number of H-pyrrole nitrogens is 1. The number of aldehydes is 1. The van der Waals surface area contributed by atoms with E-state index >= 15 is 0 Å². The molecule has 0 fully saturated rings. The molecule has 0 bridgehead atoms. The molecule has 3 aromatic rings. The zero-order valence-corrected chi connectivity index (χ0v) is 15.2. The van der Waals surface area contributed by atoms with E-state index in [2.05, 4.69) is 10.3 Å². The Kier molecular flexibility index (Phi) is 6.41. The van der Waals surface area contributed by atoms with E-state index in [9.17, 15) is 19.8 Å². The molecule has 2 unspecified atom stereocenters. The molecule has 28 heavy (non-hydrogen) atoms. The number of alkyl carbamates (subject to hydrolysis) is 1. The van der Waals surface area contributed by atoms with Gasteiger partial charge in [-0.1, -0.05) is 42.5 Å². The summed E-state index contributed by atoms with van der Waals surface area (Å²) in [7, 11) is 0. The second kappa shape index (κ2) is 9.16. The van der Waals surface area contributed by atoms with E-state index in [0.717, 1.165) is 17.2 Å². The summed E-state index contributed by atoms with van der Waals surface area (Å²) < 4.78 is 5.09. The first-order valence-electron chi connectivity index (χ1n) is 8.95. The highest BCUT2D eigenvalue weighted by molar-refractivity contribution is 5.97. The number of ether oxygens (including phenoxy) is 1. The van der Waals surface area contributed by atoms with Gasteiger partial charge in [-0.25, -0.2) is 4.79 Å². The Morgan fingerprint density at radius 2 is 1.96 bits per heavy atom. The maximum Gasteiger partial charge on any atom is 0.407 e. The van der Waals surface area contributed by atoms with Crippen LogP contribution in [0.15, 0.2) is 54.7 Å². The molecule has 2 atom stereocenters. The van der Waals surface area contributed by atoms with Crippen LogP contribution in [0.25, 0.3) is 10.9 Å². The number of aromatic amines is 1. The third kappa shape index (κ3) is 4.76. The zero-order chi connectivity index (χ0) is 19.9. The van der Waals surface area contributed by atoms with E-state index < -0.39 is 18.3 Å². The summed E-state index contributed by atoms with van der Waals surface area (Å²) in [5, 5.41) is 23.9. The van der Waals surface area contributed by atoms with Crippen molar-refractivity contribution in [1.82, 2.24) is 10.3 Å². The van der Waals surface area contributed by atoms with Gasteiger partial charge in [0.2, 0.25) is 0 Å². The van der Waals surface area contributed by atoms with Gasteiger partial charge in [-0.15, -0.1) is 0 Å². The summed E-state index contributed by atoms with van der Waals surface area (Å²) in [6.07, 6.45) is -0.257. The van der Waals surface area contributed by atoms with Crippen LogP contribution < -0.4 is 5.32 Å². The molecule has 0 aliphatic rings. The van der Waals surface area contributed by atoms with Crippen molar-refractivity contribution in [1.29, 1.82) is 0 Å².